The van der Waals surface area contributed by atoms with E-state index in [0.29, 0.717) is 12.4 Å². The largest absolute Gasteiger partial charge is 0.476 e. The molecule has 0 bridgehead atoms. The molecule has 0 radical (unpaired) electrons. The molecule has 1 saturated carbocycles. The number of carboxylic acids is 1. The molecule has 3 atom stereocenters. The maximum atomic E-state index is 12.8. The molecule has 2 aromatic carbocycles. The Morgan fingerprint density at radius 1 is 0.959 bits per heavy atom. The summed E-state index contributed by atoms with van der Waals surface area (Å²) in [6.07, 6.45) is 6.50. The minimum absolute atomic E-state index is 0.0429. The van der Waals surface area contributed by atoms with Gasteiger partial charge in [0.05, 0.1) is 36.5 Å². The second kappa shape index (κ2) is 14.5. The van der Waals surface area contributed by atoms with Gasteiger partial charge < -0.3 is 24.0 Å². The molecule has 2 aromatic heterocycles. The number of benzene rings is 2. The molecule has 4 aromatic rings. The van der Waals surface area contributed by atoms with Gasteiger partial charge in [0, 0.05) is 56.8 Å². The number of hydrogen-bond donors (Lipinski definition) is 1. The van der Waals surface area contributed by atoms with Crippen LogP contribution in [0.25, 0.3) is 11.0 Å². The molecule has 1 aliphatic carbocycles. The van der Waals surface area contributed by atoms with Gasteiger partial charge in [-0.15, -0.1) is 10.2 Å². The first kappa shape index (κ1) is 33.0. The zero-order chi connectivity index (χ0) is 33.9. The van der Waals surface area contributed by atoms with Gasteiger partial charge in [0.25, 0.3) is 0 Å². The number of piperazine rings is 1. The van der Waals surface area contributed by atoms with Crippen LogP contribution >= 0.6 is 0 Å². The lowest BCUT2D eigenvalue weighted by atomic mass is 9.91. The van der Waals surface area contributed by atoms with Crippen molar-refractivity contribution in [2.45, 2.75) is 70.1 Å². The van der Waals surface area contributed by atoms with Crippen LogP contribution in [0.15, 0.2) is 54.6 Å². The number of methoxy groups -OCH3 is 1. The van der Waals surface area contributed by atoms with E-state index >= 15 is 0 Å². The fourth-order valence-electron chi connectivity index (χ4n) is 7.80. The summed E-state index contributed by atoms with van der Waals surface area (Å²) in [5, 5.41) is 17.0. The van der Waals surface area contributed by atoms with Crippen LogP contribution in [0.3, 0.4) is 0 Å². The standard InChI is InChI=1S/C37H45N7O5/c1-25-11-12-29-31(43(25)37(47)48-2)14-15-32-35(29)38-34(23-26-7-4-3-5-8-26)44(32)27-9-6-10-28(24-27)49-22-21-41-17-19-42(20-18-41)33-16-13-30(36(45)46)39-40-33/h3-5,7-8,13-16,25,27-28H,6,9-12,17-24H2,1-2H3,(H,45,46)/t25-,27?,28+/m0/s1. The maximum Gasteiger partial charge on any atom is 0.414 e. The van der Waals surface area contributed by atoms with Gasteiger partial charge in [-0.05, 0) is 75.3 Å². The van der Waals surface area contributed by atoms with E-state index in [1.807, 2.05) is 6.07 Å². The van der Waals surface area contributed by atoms with Gasteiger partial charge in [0.1, 0.15) is 5.82 Å². The lowest BCUT2D eigenvalue weighted by Crippen LogP contribution is -2.47. The summed E-state index contributed by atoms with van der Waals surface area (Å²) < 4.78 is 14.2. The molecule has 12 heteroatoms. The van der Waals surface area contributed by atoms with Gasteiger partial charge in [-0.1, -0.05) is 30.3 Å². The van der Waals surface area contributed by atoms with Gasteiger partial charge in [-0.3, -0.25) is 9.80 Å². The van der Waals surface area contributed by atoms with Crippen LogP contribution in [0.5, 0.6) is 0 Å². The van der Waals surface area contributed by atoms with Crippen LogP contribution in [0.1, 0.15) is 72.5 Å². The van der Waals surface area contributed by atoms with Crippen molar-refractivity contribution in [1.82, 2.24) is 24.6 Å². The number of carbonyl (C=O) groups is 2. The number of aromatic carboxylic acids is 1. The molecular weight excluding hydrogens is 622 g/mol. The van der Waals surface area contributed by atoms with Gasteiger partial charge in [-0.2, -0.15) is 0 Å². The van der Waals surface area contributed by atoms with Crippen molar-refractivity contribution in [1.29, 1.82) is 0 Å². The van der Waals surface area contributed by atoms with Crippen LogP contribution in [-0.2, 0) is 22.3 Å². The molecule has 49 heavy (non-hydrogen) atoms. The highest BCUT2D eigenvalue weighted by Gasteiger charge is 2.33. The Kier molecular flexibility index (Phi) is 9.77. The number of aryl methyl sites for hydroxylation is 1. The third kappa shape index (κ3) is 6.98. The number of ether oxygens (including phenoxy) is 2. The summed E-state index contributed by atoms with van der Waals surface area (Å²) in [5.74, 6) is 0.702. The number of nitrogens with zero attached hydrogens (tertiary/aromatic N) is 7. The quantitative estimate of drug-likeness (QED) is 0.250. The minimum Gasteiger partial charge on any atom is -0.476 e. The number of anilines is 2. The molecule has 1 saturated heterocycles. The Hall–Kier alpha value is -4.55. The van der Waals surface area contributed by atoms with E-state index in [2.05, 4.69) is 67.9 Å². The summed E-state index contributed by atoms with van der Waals surface area (Å²) in [5.41, 5.74) is 5.35. The molecular formula is C37H45N7O5. The van der Waals surface area contributed by atoms with Crippen molar-refractivity contribution in [3.63, 3.8) is 0 Å². The lowest BCUT2D eigenvalue weighted by molar-refractivity contribution is 0.00421. The first-order valence-corrected chi connectivity index (χ1v) is 17.5. The van der Waals surface area contributed by atoms with E-state index in [1.54, 1.807) is 11.0 Å². The third-order valence-electron chi connectivity index (χ3n) is 10.4. The number of imidazole rings is 1. The first-order valence-electron chi connectivity index (χ1n) is 17.5. The van der Waals surface area contributed by atoms with Crippen LogP contribution in [-0.4, -0.2) is 100 Å². The van der Waals surface area contributed by atoms with E-state index in [-0.39, 0.29) is 30.0 Å². The smallest absolute Gasteiger partial charge is 0.414 e. The normalized spacial score (nSPS) is 21.5. The molecule has 7 rings (SSSR count). The van der Waals surface area contributed by atoms with E-state index in [9.17, 15) is 9.59 Å². The summed E-state index contributed by atoms with van der Waals surface area (Å²) in [7, 11) is 1.44. The van der Waals surface area contributed by atoms with Crippen molar-refractivity contribution in [2.75, 3.05) is 56.2 Å². The van der Waals surface area contributed by atoms with E-state index < -0.39 is 5.97 Å². The Balaban J connectivity index is 1.03. The van der Waals surface area contributed by atoms with Crippen LogP contribution < -0.4 is 9.80 Å². The molecule has 12 nitrogen and oxygen atoms in total. The molecule has 1 unspecified atom stereocenters. The summed E-state index contributed by atoms with van der Waals surface area (Å²) in [6, 6.07) is 18.3. The first-order chi connectivity index (χ1) is 23.9. The van der Waals surface area contributed by atoms with Gasteiger partial charge >= 0.3 is 12.1 Å². The topological polar surface area (TPSA) is 126 Å². The van der Waals surface area contributed by atoms with Crippen LogP contribution in [0.4, 0.5) is 16.3 Å². The van der Waals surface area contributed by atoms with Crippen molar-refractivity contribution in [2.24, 2.45) is 0 Å². The molecule has 0 spiro atoms. The average Bonchev–Trinajstić information content (AvgIpc) is 3.50. The Morgan fingerprint density at radius 3 is 2.51 bits per heavy atom. The zero-order valence-corrected chi connectivity index (χ0v) is 28.3. The molecule has 4 heterocycles. The number of rotatable bonds is 9. The predicted octanol–water partition coefficient (Wildman–Crippen LogP) is 5.35. The number of hydrogen-bond acceptors (Lipinski definition) is 9. The number of amides is 1. The van der Waals surface area contributed by atoms with Gasteiger partial charge in [0.15, 0.2) is 11.5 Å². The Bertz CT molecular complexity index is 1770. The SMILES string of the molecule is COC(=O)N1c2ccc3c(nc(Cc4ccccc4)n3C3CCC[C@@H](OCCN4CCN(c5ccc(C(=O)O)nn5)CC4)C3)c2CC[C@@H]1C. The fraction of sp³-hybridized carbons (Fsp3) is 0.486. The number of fused-ring (bicyclic) bond motifs is 3. The molecule has 3 aliphatic rings. The summed E-state index contributed by atoms with van der Waals surface area (Å²) in [6.45, 7) is 7.02. The number of carbonyl (C=O) groups excluding carboxylic acids is 1. The monoisotopic (exact) mass is 667 g/mol. The highest BCUT2D eigenvalue weighted by atomic mass is 16.5. The zero-order valence-electron chi connectivity index (χ0n) is 28.3. The van der Waals surface area contributed by atoms with E-state index in [1.165, 1.54) is 18.7 Å². The highest BCUT2D eigenvalue weighted by molar-refractivity contribution is 5.95. The molecule has 258 valence electrons. The highest BCUT2D eigenvalue weighted by Crippen LogP contribution is 2.40. The Labute approximate surface area is 286 Å². The second-order valence-electron chi connectivity index (χ2n) is 13.4. The molecule has 2 aliphatic heterocycles. The molecule has 2 fully saturated rings. The summed E-state index contributed by atoms with van der Waals surface area (Å²) >= 11 is 0. The second-order valence-corrected chi connectivity index (χ2v) is 13.4. The fourth-order valence-corrected chi connectivity index (χ4v) is 7.80. The van der Waals surface area contributed by atoms with Crippen molar-refractivity contribution < 1.29 is 24.2 Å². The lowest BCUT2D eigenvalue weighted by Gasteiger charge is -2.36. The number of aromatic nitrogens is 4. The van der Waals surface area contributed by atoms with Gasteiger partial charge in [-0.25, -0.2) is 14.6 Å². The van der Waals surface area contributed by atoms with Crippen molar-refractivity contribution in [3.05, 3.63) is 77.2 Å². The van der Waals surface area contributed by atoms with Gasteiger partial charge in [0.2, 0.25) is 0 Å². The Morgan fingerprint density at radius 2 is 1.78 bits per heavy atom. The van der Waals surface area contributed by atoms with Crippen molar-refractivity contribution >= 4 is 34.6 Å². The van der Waals surface area contributed by atoms with Crippen LogP contribution in [0.2, 0.25) is 0 Å². The predicted molar refractivity (Wildman–Crippen MR) is 187 cm³/mol. The maximum absolute atomic E-state index is 12.8. The van der Waals surface area contributed by atoms with Crippen molar-refractivity contribution in [3.8, 4) is 0 Å². The molecule has 1 N–H and O–H groups in total. The number of carboxylic acid groups (broad SMARTS) is 1. The molecule has 1 amide bonds. The average molecular weight is 668 g/mol. The third-order valence-corrected chi connectivity index (χ3v) is 10.4. The summed E-state index contributed by atoms with van der Waals surface area (Å²) in [4.78, 5) is 35.6. The van der Waals surface area contributed by atoms with E-state index in [4.69, 9.17) is 19.6 Å². The van der Waals surface area contributed by atoms with E-state index in [0.717, 1.165) is 106 Å². The van der Waals surface area contributed by atoms with Crippen LogP contribution in [0, 0.1) is 0 Å². The minimum atomic E-state index is -1.07.